The van der Waals surface area contributed by atoms with Crippen molar-refractivity contribution in [1.29, 1.82) is 0 Å². The molecule has 28 heavy (non-hydrogen) atoms. The molecular formula is C23H21N3O2. The number of amides is 2. The van der Waals surface area contributed by atoms with Gasteiger partial charge in [0, 0.05) is 17.8 Å². The Hall–Kier alpha value is -3.86. The summed E-state index contributed by atoms with van der Waals surface area (Å²) < 4.78 is 0. The molecule has 0 radical (unpaired) electrons. The van der Waals surface area contributed by atoms with Gasteiger partial charge in [0.25, 0.3) is 11.8 Å². The summed E-state index contributed by atoms with van der Waals surface area (Å²) >= 11 is 0. The van der Waals surface area contributed by atoms with Crippen molar-refractivity contribution in [2.24, 2.45) is 0 Å². The molecule has 0 bridgehead atoms. The topological polar surface area (TPSA) is 84.2 Å². The van der Waals surface area contributed by atoms with Crippen LogP contribution in [0.25, 0.3) is 6.08 Å². The highest BCUT2D eigenvalue weighted by Gasteiger charge is 2.14. The molecular weight excluding hydrogens is 350 g/mol. The number of carbonyl (C=O) groups is 2. The highest BCUT2D eigenvalue weighted by molar-refractivity contribution is 6.05. The molecule has 0 saturated heterocycles. The minimum atomic E-state index is -0.392. The van der Waals surface area contributed by atoms with Crippen LogP contribution in [0.15, 0.2) is 90.6 Å². The Morgan fingerprint density at radius 3 is 2.11 bits per heavy atom. The van der Waals surface area contributed by atoms with Crippen molar-refractivity contribution >= 4 is 23.6 Å². The van der Waals surface area contributed by atoms with Gasteiger partial charge in [-0.2, -0.15) is 0 Å². The predicted molar refractivity (Wildman–Crippen MR) is 111 cm³/mol. The number of hydrogen-bond donors (Lipinski definition) is 3. The van der Waals surface area contributed by atoms with Crippen LogP contribution >= 0.6 is 0 Å². The highest BCUT2D eigenvalue weighted by atomic mass is 16.2. The fourth-order valence-corrected chi connectivity index (χ4v) is 2.62. The van der Waals surface area contributed by atoms with E-state index in [9.17, 15) is 9.59 Å². The summed E-state index contributed by atoms with van der Waals surface area (Å²) in [6.45, 7) is 0.263. The van der Waals surface area contributed by atoms with Crippen molar-refractivity contribution in [3.8, 4) is 0 Å². The maximum absolute atomic E-state index is 12.8. The van der Waals surface area contributed by atoms with Crippen molar-refractivity contribution in [3.05, 3.63) is 107 Å². The maximum atomic E-state index is 12.8. The van der Waals surface area contributed by atoms with Gasteiger partial charge in [-0.3, -0.25) is 9.59 Å². The molecule has 0 aliphatic carbocycles. The molecule has 0 unspecified atom stereocenters. The molecule has 0 fully saturated rings. The first kappa shape index (κ1) is 18.9. The summed E-state index contributed by atoms with van der Waals surface area (Å²) in [5, 5.41) is 5.53. The zero-order valence-corrected chi connectivity index (χ0v) is 15.3. The van der Waals surface area contributed by atoms with Crippen molar-refractivity contribution in [2.75, 3.05) is 5.73 Å². The van der Waals surface area contributed by atoms with E-state index in [2.05, 4.69) is 10.6 Å². The quantitative estimate of drug-likeness (QED) is 0.459. The van der Waals surface area contributed by atoms with Crippen LogP contribution in [0, 0.1) is 0 Å². The second-order valence-electron chi connectivity index (χ2n) is 6.17. The van der Waals surface area contributed by atoms with Crippen LogP contribution in [0.3, 0.4) is 0 Å². The largest absolute Gasteiger partial charge is 0.398 e. The average molecular weight is 371 g/mol. The summed E-state index contributed by atoms with van der Waals surface area (Å²) in [6, 6.07) is 25.4. The van der Waals surface area contributed by atoms with Crippen molar-refractivity contribution in [2.45, 2.75) is 6.54 Å². The van der Waals surface area contributed by atoms with Gasteiger partial charge in [0.05, 0.1) is 0 Å². The molecule has 0 atom stereocenters. The number of benzene rings is 3. The summed E-state index contributed by atoms with van der Waals surface area (Å²) in [4.78, 5) is 25.3. The molecule has 5 heteroatoms. The Labute approximate surface area is 163 Å². The Morgan fingerprint density at radius 1 is 0.821 bits per heavy atom. The first-order valence-corrected chi connectivity index (χ1v) is 8.88. The zero-order chi connectivity index (χ0) is 19.8. The van der Waals surface area contributed by atoms with Gasteiger partial charge in [0.15, 0.2) is 0 Å². The number of hydrogen-bond acceptors (Lipinski definition) is 3. The van der Waals surface area contributed by atoms with E-state index in [1.54, 1.807) is 36.4 Å². The zero-order valence-electron chi connectivity index (χ0n) is 15.3. The normalized spacial score (nSPS) is 10.9. The molecule has 0 aliphatic rings. The Balaban J connectivity index is 1.79. The van der Waals surface area contributed by atoms with Crippen molar-refractivity contribution < 1.29 is 9.59 Å². The molecule has 3 aromatic carbocycles. The van der Waals surface area contributed by atoms with Gasteiger partial charge < -0.3 is 16.4 Å². The molecule has 3 aromatic rings. The number of anilines is 1. The molecule has 0 saturated carbocycles. The van der Waals surface area contributed by atoms with Gasteiger partial charge >= 0.3 is 0 Å². The predicted octanol–water partition coefficient (Wildman–Crippen LogP) is 3.36. The first-order valence-electron chi connectivity index (χ1n) is 8.88. The smallest absolute Gasteiger partial charge is 0.268 e. The van der Waals surface area contributed by atoms with Crippen LogP contribution < -0.4 is 16.4 Å². The van der Waals surface area contributed by atoms with Crippen LogP contribution in [0.4, 0.5) is 5.69 Å². The lowest BCUT2D eigenvalue weighted by Gasteiger charge is -2.12. The lowest BCUT2D eigenvalue weighted by atomic mass is 10.1. The van der Waals surface area contributed by atoms with E-state index in [-0.39, 0.29) is 18.1 Å². The van der Waals surface area contributed by atoms with E-state index in [1.165, 1.54) is 0 Å². The third-order valence-corrected chi connectivity index (χ3v) is 4.13. The average Bonchev–Trinajstić information content (AvgIpc) is 2.74. The molecule has 4 N–H and O–H groups in total. The summed E-state index contributed by atoms with van der Waals surface area (Å²) in [7, 11) is 0. The number of carbonyl (C=O) groups excluding carboxylic acids is 2. The summed E-state index contributed by atoms with van der Waals surface area (Å²) in [5.41, 5.74) is 8.78. The minimum Gasteiger partial charge on any atom is -0.398 e. The Bertz CT molecular complexity index is 983. The van der Waals surface area contributed by atoms with E-state index in [0.717, 1.165) is 11.1 Å². The lowest BCUT2D eigenvalue weighted by Crippen LogP contribution is -2.34. The molecule has 5 nitrogen and oxygen atoms in total. The van der Waals surface area contributed by atoms with E-state index >= 15 is 0 Å². The van der Waals surface area contributed by atoms with Crippen molar-refractivity contribution in [1.82, 2.24) is 10.6 Å². The first-order chi connectivity index (χ1) is 13.6. The number of rotatable bonds is 6. The van der Waals surface area contributed by atoms with E-state index in [1.807, 2.05) is 54.6 Å². The number of nitrogens with one attached hydrogen (secondary N) is 2. The van der Waals surface area contributed by atoms with Gasteiger partial charge in [-0.25, -0.2) is 0 Å². The fraction of sp³-hybridized carbons (Fsp3) is 0.0435. The SMILES string of the molecule is Nc1ccccc1CNC(=O)/C(=C/c1ccccc1)NC(=O)c1ccccc1. The Kier molecular flexibility index (Phi) is 6.21. The number of nitrogens with two attached hydrogens (primary N) is 1. The molecule has 0 heterocycles. The standard InChI is InChI=1S/C23H21N3O2/c24-20-14-8-7-13-19(20)16-25-23(28)21(15-17-9-3-1-4-10-17)26-22(27)18-11-5-2-6-12-18/h1-15H,16,24H2,(H,25,28)(H,26,27)/b21-15-. The van der Waals surface area contributed by atoms with Gasteiger partial charge in [-0.15, -0.1) is 0 Å². The maximum Gasteiger partial charge on any atom is 0.268 e. The van der Waals surface area contributed by atoms with Gasteiger partial charge in [0.1, 0.15) is 5.70 Å². The molecule has 0 aromatic heterocycles. The van der Waals surface area contributed by atoms with E-state index in [0.29, 0.717) is 11.3 Å². The van der Waals surface area contributed by atoms with Gasteiger partial charge in [-0.05, 0) is 35.4 Å². The van der Waals surface area contributed by atoms with Crippen LogP contribution in [-0.2, 0) is 11.3 Å². The highest BCUT2D eigenvalue weighted by Crippen LogP contribution is 2.11. The second kappa shape index (κ2) is 9.19. The molecule has 140 valence electrons. The number of nitrogen functional groups attached to an aromatic ring is 1. The lowest BCUT2D eigenvalue weighted by molar-refractivity contribution is -0.117. The molecule has 3 rings (SSSR count). The third-order valence-electron chi connectivity index (χ3n) is 4.13. The molecule has 0 spiro atoms. The van der Waals surface area contributed by atoms with Gasteiger partial charge in [-0.1, -0.05) is 66.7 Å². The fourth-order valence-electron chi connectivity index (χ4n) is 2.62. The Morgan fingerprint density at radius 2 is 1.43 bits per heavy atom. The third kappa shape index (κ3) is 5.08. The van der Waals surface area contributed by atoms with Gasteiger partial charge in [0.2, 0.25) is 0 Å². The monoisotopic (exact) mass is 371 g/mol. The van der Waals surface area contributed by atoms with Crippen LogP contribution in [0.1, 0.15) is 21.5 Å². The van der Waals surface area contributed by atoms with E-state index in [4.69, 9.17) is 5.73 Å². The van der Waals surface area contributed by atoms with Crippen LogP contribution in [0.5, 0.6) is 0 Å². The summed E-state index contributed by atoms with van der Waals surface area (Å²) in [6.07, 6.45) is 1.64. The molecule has 2 amide bonds. The minimum absolute atomic E-state index is 0.162. The van der Waals surface area contributed by atoms with Crippen LogP contribution in [-0.4, -0.2) is 11.8 Å². The van der Waals surface area contributed by atoms with E-state index < -0.39 is 5.91 Å². The second-order valence-corrected chi connectivity index (χ2v) is 6.17. The molecule has 0 aliphatic heterocycles. The van der Waals surface area contributed by atoms with Crippen molar-refractivity contribution in [3.63, 3.8) is 0 Å². The summed E-state index contributed by atoms with van der Waals surface area (Å²) in [5.74, 6) is -0.742. The van der Waals surface area contributed by atoms with Crippen LogP contribution in [0.2, 0.25) is 0 Å². The number of para-hydroxylation sites is 1.